The zero-order valence-corrected chi connectivity index (χ0v) is 23.5. The number of aromatic nitrogens is 1. The van der Waals surface area contributed by atoms with E-state index in [0.717, 1.165) is 46.4 Å². The Hall–Kier alpha value is -4.26. The molecule has 2 heterocycles. The van der Waals surface area contributed by atoms with Gasteiger partial charge in [0.25, 0.3) is 5.56 Å². The van der Waals surface area contributed by atoms with Crippen molar-refractivity contribution >= 4 is 34.7 Å². The van der Waals surface area contributed by atoms with Crippen molar-refractivity contribution in [3.8, 4) is 5.75 Å². The first-order valence-corrected chi connectivity index (χ1v) is 14.6. The summed E-state index contributed by atoms with van der Waals surface area (Å²) in [7, 11) is 0. The van der Waals surface area contributed by atoms with Gasteiger partial charge in [0.2, 0.25) is 0 Å². The first-order chi connectivity index (χ1) is 20.1. The van der Waals surface area contributed by atoms with Gasteiger partial charge in [-0.1, -0.05) is 95.7 Å². The summed E-state index contributed by atoms with van der Waals surface area (Å²) in [6, 6.07) is 29.5. The molecule has 41 heavy (non-hydrogen) atoms. The van der Waals surface area contributed by atoms with E-state index in [-0.39, 0.29) is 11.4 Å². The summed E-state index contributed by atoms with van der Waals surface area (Å²) < 4.78 is 22.9. The zero-order valence-electron chi connectivity index (χ0n) is 21.9. The first kappa shape index (κ1) is 25.7. The molecule has 0 spiro atoms. The average molecular weight is 579 g/mol. The van der Waals surface area contributed by atoms with Crippen LogP contribution < -0.4 is 19.6 Å². The molecule has 1 atom stereocenters. The van der Waals surface area contributed by atoms with E-state index in [0.29, 0.717) is 26.7 Å². The summed E-state index contributed by atoms with van der Waals surface area (Å²) >= 11 is 7.67. The van der Waals surface area contributed by atoms with Gasteiger partial charge in [-0.15, -0.1) is 0 Å². The number of rotatable bonds is 5. The molecule has 1 aliphatic carbocycles. The van der Waals surface area contributed by atoms with E-state index in [9.17, 15) is 9.18 Å². The van der Waals surface area contributed by atoms with Crippen molar-refractivity contribution in [3.63, 3.8) is 0 Å². The average Bonchev–Trinajstić information content (AvgIpc) is 3.30. The minimum Gasteiger partial charge on any atom is -0.488 e. The number of halogens is 2. The number of para-hydroxylation sites is 1. The number of aryl methyl sites for hydroxylation is 1. The number of nitrogens with zero attached hydrogens (tertiary/aromatic N) is 2. The lowest BCUT2D eigenvalue weighted by Gasteiger charge is -2.30. The molecule has 0 bridgehead atoms. The van der Waals surface area contributed by atoms with Crippen LogP contribution in [-0.2, 0) is 13.0 Å². The number of ether oxygens (including phenoxy) is 1. The fraction of sp³-hybridized carbons (Fsp3) is 0.118. The van der Waals surface area contributed by atoms with Crippen LogP contribution in [0.5, 0.6) is 5.75 Å². The molecule has 2 aliphatic rings. The van der Waals surface area contributed by atoms with Gasteiger partial charge >= 0.3 is 0 Å². The molecule has 7 heteroatoms. The van der Waals surface area contributed by atoms with Crippen molar-refractivity contribution < 1.29 is 9.13 Å². The molecule has 202 valence electrons. The highest BCUT2D eigenvalue weighted by Crippen LogP contribution is 2.41. The monoisotopic (exact) mass is 578 g/mol. The van der Waals surface area contributed by atoms with Crippen LogP contribution in [0, 0.1) is 5.82 Å². The number of hydrogen-bond donors (Lipinski definition) is 0. The molecule has 0 saturated carbocycles. The maximum atomic E-state index is 14.5. The predicted molar refractivity (Wildman–Crippen MR) is 161 cm³/mol. The fourth-order valence-corrected chi connectivity index (χ4v) is 6.82. The van der Waals surface area contributed by atoms with E-state index in [4.69, 9.17) is 21.3 Å². The smallest absolute Gasteiger partial charge is 0.271 e. The van der Waals surface area contributed by atoms with Gasteiger partial charge in [-0.05, 0) is 59.9 Å². The van der Waals surface area contributed by atoms with Gasteiger partial charge in [-0.25, -0.2) is 9.38 Å². The Morgan fingerprint density at radius 1 is 0.976 bits per heavy atom. The largest absolute Gasteiger partial charge is 0.488 e. The molecular weight excluding hydrogens is 555 g/mol. The van der Waals surface area contributed by atoms with Gasteiger partial charge in [0.05, 0.1) is 16.3 Å². The van der Waals surface area contributed by atoms with Crippen molar-refractivity contribution in [3.05, 3.63) is 161 Å². The first-order valence-electron chi connectivity index (χ1n) is 13.4. The summed E-state index contributed by atoms with van der Waals surface area (Å²) in [5.41, 5.74) is 6.47. The number of allylic oxidation sites excluding steroid dienone is 1. The second-order valence-corrected chi connectivity index (χ2v) is 11.5. The zero-order chi connectivity index (χ0) is 27.9. The van der Waals surface area contributed by atoms with Gasteiger partial charge in [0.15, 0.2) is 4.80 Å². The molecular formula is C34H24ClFN2O2S. The molecule has 0 fully saturated rings. The molecule has 4 nitrogen and oxygen atoms in total. The molecule has 1 aromatic heterocycles. The fourth-order valence-electron chi connectivity index (χ4n) is 5.64. The van der Waals surface area contributed by atoms with Crippen LogP contribution in [0.15, 0.2) is 112 Å². The predicted octanol–water partition coefficient (Wildman–Crippen LogP) is 6.69. The molecule has 1 aliphatic heterocycles. The number of thiazole rings is 1. The van der Waals surface area contributed by atoms with E-state index in [2.05, 4.69) is 12.1 Å². The van der Waals surface area contributed by atoms with E-state index in [1.165, 1.54) is 29.0 Å². The van der Waals surface area contributed by atoms with Crippen molar-refractivity contribution in [1.82, 2.24) is 4.57 Å². The van der Waals surface area contributed by atoms with Gasteiger partial charge < -0.3 is 4.74 Å². The van der Waals surface area contributed by atoms with Crippen molar-refractivity contribution in [2.75, 3.05) is 0 Å². The molecule has 7 rings (SSSR count). The molecule has 0 amide bonds. The SMILES string of the molecule is O=c1/c(=C/c2ccccc2OCc2ccccc2Cl)sc2n1[C@H](c1cccc(F)c1)C1=C(N=2)c2ccccc2CC1. The summed E-state index contributed by atoms with van der Waals surface area (Å²) in [4.78, 5) is 19.7. The van der Waals surface area contributed by atoms with E-state index < -0.39 is 6.04 Å². The molecule has 4 aromatic carbocycles. The molecule has 0 N–H and O–H groups in total. The van der Waals surface area contributed by atoms with Crippen LogP contribution >= 0.6 is 22.9 Å². The molecule has 0 unspecified atom stereocenters. The second-order valence-electron chi connectivity index (χ2n) is 10.1. The lowest BCUT2D eigenvalue weighted by atomic mass is 9.83. The molecule has 0 radical (unpaired) electrons. The normalized spacial score (nSPS) is 16.0. The maximum Gasteiger partial charge on any atom is 0.271 e. The van der Waals surface area contributed by atoms with E-state index in [1.54, 1.807) is 10.6 Å². The highest BCUT2D eigenvalue weighted by atomic mass is 35.5. The third-order valence-corrected chi connectivity index (χ3v) is 8.94. The van der Waals surface area contributed by atoms with Gasteiger partial charge in [0.1, 0.15) is 18.2 Å². The summed E-state index contributed by atoms with van der Waals surface area (Å²) in [5.74, 6) is 0.317. The lowest BCUT2D eigenvalue weighted by Crippen LogP contribution is -2.38. The maximum absolute atomic E-state index is 14.5. The Kier molecular flexibility index (Phi) is 6.65. The Bertz CT molecular complexity index is 2030. The van der Waals surface area contributed by atoms with Gasteiger partial charge in [-0.3, -0.25) is 9.36 Å². The van der Waals surface area contributed by atoms with Gasteiger partial charge in [0, 0.05) is 21.7 Å². The van der Waals surface area contributed by atoms with Crippen molar-refractivity contribution in [2.24, 2.45) is 4.99 Å². The van der Waals surface area contributed by atoms with Crippen LogP contribution in [0.1, 0.15) is 40.3 Å². The van der Waals surface area contributed by atoms with E-state index in [1.807, 2.05) is 72.8 Å². The Labute approximate surface area is 245 Å². The topological polar surface area (TPSA) is 43.6 Å². The third-order valence-electron chi connectivity index (χ3n) is 7.58. The quantitative estimate of drug-likeness (QED) is 0.233. The Morgan fingerprint density at radius 3 is 2.66 bits per heavy atom. The summed E-state index contributed by atoms with van der Waals surface area (Å²) in [6.45, 7) is 0.303. The minimum absolute atomic E-state index is 0.158. The standard InChI is InChI=1S/C34H24ClFN2O2S/c35-28-14-5-2-10-24(28)20-40-29-15-6-3-9-22(29)19-30-33(39)38-32(23-11-7-12-25(36)18-23)27-17-16-21-8-1-4-13-26(21)31(27)37-34(38)41-30/h1-15,18-19,32H,16-17,20H2/b30-19-/t32-/m1/s1. The minimum atomic E-state index is -0.431. The van der Waals surface area contributed by atoms with Crippen LogP contribution in [0.25, 0.3) is 11.8 Å². The third kappa shape index (κ3) is 4.73. The second kappa shape index (κ2) is 10.6. The van der Waals surface area contributed by atoms with Crippen molar-refractivity contribution in [1.29, 1.82) is 0 Å². The Morgan fingerprint density at radius 2 is 1.78 bits per heavy atom. The highest BCUT2D eigenvalue weighted by molar-refractivity contribution is 7.07. The van der Waals surface area contributed by atoms with Crippen LogP contribution in [0.2, 0.25) is 5.02 Å². The van der Waals surface area contributed by atoms with Crippen LogP contribution in [0.4, 0.5) is 4.39 Å². The summed E-state index contributed by atoms with van der Waals surface area (Å²) in [6.07, 6.45) is 3.45. The van der Waals surface area contributed by atoms with Crippen LogP contribution in [-0.4, -0.2) is 4.57 Å². The number of fused-ring (bicyclic) bond motifs is 3. The van der Waals surface area contributed by atoms with Crippen LogP contribution in [0.3, 0.4) is 0 Å². The molecule has 0 saturated heterocycles. The van der Waals surface area contributed by atoms with E-state index >= 15 is 0 Å². The van der Waals surface area contributed by atoms with Crippen molar-refractivity contribution in [2.45, 2.75) is 25.5 Å². The highest BCUT2D eigenvalue weighted by Gasteiger charge is 2.32. The molecule has 5 aromatic rings. The number of benzene rings is 4. The Balaban J connectivity index is 1.37. The summed E-state index contributed by atoms with van der Waals surface area (Å²) in [5, 5.41) is 0.640. The number of hydrogen-bond acceptors (Lipinski definition) is 4. The van der Waals surface area contributed by atoms with Gasteiger partial charge in [-0.2, -0.15) is 0 Å². The lowest BCUT2D eigenvalue weighted by molar-refractivity contribution is 0.305.